The molecular weight excluding hydrogens is 319 g/mol. The summed E-state index contributed by atoms with van der Waals surface area (Å²) in [6.07, 6.45) is 3.50. The Bertz CT molecular complexity index is 662. The van der Waals surface area contributed by atoms with E-state index in [9.17, 15) is 9.18 Å². The smallest absolute Gasteiger partial charge is 0.193 e. The van der Waals surface area contributed by atoms with Gasteiger partial charge >= 0.3 is 0 Å². The van der Waals surface area contributed by atoms with E-state index < -0.39 is 5.82 Å². The van der Waals surface area contributed by atoms with Crippen molar-refractivity contribution in [1.29, 1.82) is 0 Å². The van der Waals surface area contributed by atoms with Gasteiger partial charge in [-0.15, -0.1) is 0 Å². The zero-order valence-electron chi connectivity index (χ0n) is 10.9. The van der Waals surface area contributed by atoms with E-state index in [1.807, 2.05) is 24.3 Å². The van der Waals surface area contributed by atoms with Gasteiger partial charge in [-0.25, -0.2) is 4.39 Å². The number of rotatable bonds is 3. The van der Waals surface area contributed by atoms with E-state index in [0.29, 0.717) is 21.5 Å². The molecule has 0 atom stereocenters. The van der Waals surface area contributed by atoms with Gasteiger partial charge in [0.15, 0.2) is 5.78 Å². The van der Waals surface area contributed by atoms with Gasteiger partial charge in [-0.3, -0.25) is 4.79 Å². The van der Waals surface area contributed by atoms with Crippen molar-refractivity contribution in [2.45, 2.75) is 25.2 Å². The van der Waals surface area contributed by atoms with Crippen LogP contribution in [-0.4, -0.2) is 5.78 Å². The van der Waals surface area contributed by atoms with Crippen LogP contribution in [0.5, 0.6) is 0 Å². The monoisotopic (exact) mass is 332 g/mol. The van der Waals surface area contributed by atoms with Crippen molar-refractivity contribution in [3.8, 4) is 0 Å². The Morgan fingerprint density at radius 1 is 1.15 bits per heavy atom. The van der Waals surface area contributed by atoms with Gasteiger partial charge in [-0.05, 0) is 58.5 Å². The lowest BCUT2D eigenvalue weighted by Crippen LogP contribution is -2.14. The highest BCUT2D eigenvalue weighted by Crippen LogP contribution is 2.38. The highest BCUT2D eigenvalue weighted by molar-refractivity contribution is 9.10. The zero-order chi connectivity index (χ0) is 14.1. The zero-order valence-corrected chi connectivity index (χ0v) is 12.5. The molecule has 0 unspecified atom stereocenters. The number of hydrogen-bond acceptors (Lipinski definition) is 1. The molecule has 0 saturated heterocycles. The first kappa shape index (κ1) is 13.5. The molecule has 1 aliphatic rings. The van der Waals surface area contributed by atoms with Crippen LogP contribution in [0.15, 0.2) is 46.9 Å². The Kier molecular flexibility index (Phi) is 3.70. The normalized spacial score (nSPS) is 14.9. The molecule has 0 amide bonds. The first-order valence-corrected chi connectivity index (χ1v) is 7.55. The standard InChI is InChI=1S/C17H14BrFO/c18-15-9-8-12(10-16(15)19)17(20)14-7-2-1-6-13(14)11-4-3-5-11/h1-2,6-11H,3-5H2. The summed E-state index contributed by atoms with van der Waals surface area (Å²) in [6.45, 7) is 0. The van der Waals surface area contributed by atoms with Crippen molar-refractivity contribution in [2.24, 2.45) is 0 Å². The van der Waals surface area contributed by atoms with Crippen LogP contribution in [0.4, 0.5) is 4.39 Å². The Hall–Kier alpha value is -1.48. The Balaban J connectivity index is 1.99. The van der Waals surface area contributed by atoms with Gasteiger partial charge in [0, 0.05) is 11.1 Å². The quantitative estimate of drug-likeness (QED) is 0.716. The number of carbonyl (C=O) groups is 1. The lowest BCUT2D eigenvalue weighted by Gasteiger charge is -2.27. The fraction of sp³-hybridized carbons (Fsp3) is 0.235. The highest BCUT2D eigenvalue weighted by atomic mass is 79.9. The molecule has 0 N–H and O–H groups in total. The maximum absolute atomic E-state index is 13.6. The van der Waals surface area contributed by atoms with Crippen molar-refractivity contribution in [3.63, 3.8) is 0 Å². The van der Waals surface area contributed by atoms with Crippen LogP contribution in [0, 0.1) is 5.82 Å². The Morgan fingerprint density at radius 3 is 2.55 bits per heavy atom. The summed E-state index contributed by atoms with van der Waals surface area (Å²) >= 11 is 3.11. The molecule has 0 bridgehead atoms. The average Bonchev–Trinajstić information content (AvgIpc) is 2.40. The summed E-state index contributed by atoms with van der Waals surface area (Å²) < 4.78 is 14.0. The van der Waals surface area contributed by atoms with Crippen LogP contribution in [0.3, 0.4) is 0 Å². The van der Waals surface area contributed by atoms with E-state index >= 15 is 0 Å². The molecule has 2 aromatic rings. The molecule has 3 rings (SSSR count). The van der Waals surface area contributed by atoms with Gasteiger partial charge in [0.25, 0.3) is 0 Å². The molecule has 0 aromatic heterocycles. The fourth-order valence-electron chi connectivity index (χ4n) is 2.57. The lowest BCUT2D eigenvalue weighted by molar-refractivity contribution is 0.103. The number of benzene rings is 2. The van der Waals surface area contributed by atoms with Crippen LogP contribution in [0.1, 0.15) is 46.7 Å². The van der Waals surface area contributed by atoms with Gasteiger partial charge in [0.1, 0.15) is 5.82 Å². The number of halogens is 2. The van der Waals surface area contributed by atoms with Crippen LogP contribution in [-0.2, 0) is 0 Å². The molecule has 0 aliphatic heterocycles. The van der Waals surface area contributed by atoms with E-state index in [2.05, 4.69) is 15.9 Å². The summed E-state index contributed by atoms with van der Waals surface area (Å²) in [5.41, 5.74) is 2.21. The third kappa shape index (κ3) is 2.42. The molecule has 102 valence electrons. The molecule has 2 aromatic carbocycles. The molecule has 0 heterocycles. The number of hydrogen-bond donors (Lipinski definition) is 0. The van der Waals surface area contributed by atoms with Gasteiger partial charge in [0.05, 0.1) is 4.47 Å². The third-order valence-electron chi connectivity index (χ3n) is 3.93. The predicted molar refractivity (Wildman–Crippen MR) is 80.6 cm³/mol. The molecule has 1 fully saturated rings. The predicted octanol–water partition coefficient (Wildman–Crippen LogP) is 5.09. The summed E-state index contributed by atoms with van der Waals surface area (Å²) in [5, 5.41) is 0. The fourth-order valence-corrected chi connectivity index (χ4v) is 2.82. The molecule has 20 heavy (non-hydrogen) atoms. The van der Waals surface area contributed by atoms with Crippen molar-refractivity contribution >= 4 is 21.7 Å². The van der Waals surface area contributed by atoms with E-state index in [-0.39, 0.29) is 5.78 Å². The van der Waals surface area contributed by atoms with E-state index in [1.54, 1.807) is 12.1 Å². The van der Waals surface area contributed by atoms with Crippen molar-refractivity contribution in [2.75, 3.05) is 0 Å². The molecule has 1 aliphatic carbocycles. The van der Waals surface area contributed by atoms with E-state index in [0.717, 1.165) is 18.4 Å². The van der Waals surface area contributed by atoms with Crippen molar-refractivity contribution in [3.05, 3.63) is 69.4 Å². The maximum Gasteiger partial charge on any atom is 0.193 e. The Labute approximate surface area is 126 Å². The summed E-state index contributed by atoms with van der Waals surface area (Å²) in [7, 11) is 0. The van der Waals surface area contributed by atoms with Crippen LogP contribution in [0.25, 0.3) is 0 Å². The highest BCUT2D eigenvalue weighted by Gasteiger charge is 2.24. The maximum atomic E-state index is 13.6. The molecule has 0 spiro atoms. The SMILES string of the molecule is O=C(c1ccc(Br)c(F)c1)c1ccccc1C1CCC1. The van der Waals surface area contributed by atoms with Gasteiger partial charge in [-0.2, -0.15) is 0 Å². The van der Waals surface area contributed by atoms with Gasteiger partial charge in [0.2, 0.25) is 0 Å². The van der Waals surface area contributed by atoms with Crippen LogP contribution >= 0.6 is 15.9 Å². The second kappa shape index (κ2) is 5.49. The second-order valence-corrected chi connectivity index (χ2v) is 6.03. The summed E-state index contributed by atoms with van der Waals surface area (Å²) in [5.74, 6) is -0.0219. The summed E-state index contributed by atoms with van der Waals surface area (Å²) in [6, 6.07) is 12.2. The van der Waals surface area contributed by atoms with E-state index in [1.165, 1.54) is 12.5 Å². The number of ketones is 1. The van der Waals surface area contributed by atoms with Crippen LogP contribution in [0.2, 0.25) is 0 Å². The average molecular weight is 333 g/mol. The minimum Gasteiger partial charge on any atom is -0.289 e. The van der Waals surface area contributed by atoms with Crippen LogP contribution < -0.4 is 0 Å². The first-order chi connectivity index (χ1) is 9.66. The molecule has 1 saturated carbocycles. The first-order valence-electron chi connectivity index (χ1n) is 6.75. The van der Waals surface area contributed by atoms with Crippen molar-refractivity contribution < 1.29 is 9.18 Å². The largest absolute Gasteiger partial charge is 0.289 e. The molecule has 0 radical (unpaired) electrons. The summed E-state index contributed by atoms with van der Waals surface area (Å²) in [4.78, 5) is 12.6. The minimum absolute atomic E-state index is 0.0982. The molecule has 1 nitrogen and oxygen atoms in total. The molecular formula is C17H14BrFO. The van der Waals surface area contributed by atoms with Gasteiger partial charge in [-0.1, -0.05) is 30.7 Å². The second-order valence-electron chi connectivity index (χ2n) is 5.17. The third-order valence-corrected chi connectivity index (χ3v) is 4.58. The lowest BCUT2D eigenvalue weighted by atomic mass is 9.77. The van der Waals surface area contributed by atoms with Gasteiger partial charge < -0.3 is 0 Å². The van der Waals surface area contributed by atoms with Crippen molar-refractivity contribution in [1.82, 2.24) is 0 Å². The number of carbonyl (C=O) groups excluding carboxylic acids is 1. The minimum atomic E-state index is -0.406. The van der Waals surface area contributed by atoms with E-state index in [4.69, 9.17) is 0 Å². The molecule has 3 heteroatoms. The Morgan fingerprint density at radius 2 is 1.90 bits per heavy atom. The topological polar surface area (TPSA) is 17.1 Å².